The van der Waals surface area contributed by atoms with Gasteiger partial charge in [0.25, 0.3) is 5.56 Å². The first-order valence-corrected chi connectivity index (χ1v) is 13.9. The van der Waals surface area contributed by atoms with E-state index in [1.807, 2.05) is 30.3 Å². The quantitative estimate of drug-likeness (QED) is 0.313. The second kappa shape index (κ2) is 11.4. The monoisotopic (exact) mass is 584 g/mol. The normalized spacial score (nSPS) is 15.6. The lowest BCUT2D eigenvalue weighted by molar-refractivity contribution is -0.140. The number of hydrogen-bond donors (Lipinski definition) is 1. The van der Waals surface area contributed by atoms with Crippen LogP contribution in [0.3, 0.4) is 0 Å². The number of carboxylic acid groups (broad SMARTS) is 1. The number of benzene rings is 3. The summed E-state index contributed by atoms with van der Waals surface area (Å²) in [5, 5.41) is 8.94. The van der Waals surface area contributed by atoms with Crippen molar-refractivity contribution in [3.63, 3.8) is 0 Å². The molecule has 0 saturated carbocycles. The Morgan fingerprint density at radius 3 is 2.67 bits per heavy atom. The number of aromatic nitrogens is 1. The Morgan fingerprint density at radius 2 is 1.88 bits per heavy atom. The van der Waals surface area contributed by atoms with Crippen LogP contribution in [0.2, 0.25) is 0 Å². The summed E-state index contributed by atoms with van der Waals surface area (Å²) >= 11 is 1.18. The van der Waals surface area contributed by atoms with Crippen molar-refractivity contribution in [2.45, 2.75) is 13.0 Å². The lowest BCUT2D eigenvalue weighted by Gasteiger charge is -2.26. The number of aliphatic carboxylic acids is 1. The summed E-state index contributed by atoms with van der Waals surface area (Å²) in [6, 6.07) is 20.5. The Balaban J connectivity index is 1.57. The molecular weight excluding hydrogens is 560 g/mol. The van der Waals surface area contributed by atoms with Gasteiger partial charge in [-0.15, -0.1) is 0 Å². The van der Waals surface area contributed by atoms with Gasteiger partial charge in [-0.2, -0.15) is 0 Å². The van der Waals surface area contributed by atoms with E-state index in [2.05, 4.69) is 0 Å². The first-order chi connectivity index (χ1) is 20.4. The number of hydrogen-bond acceptors (Lipinski definition) is 9. The van der Waals surface area contributed by atoms with Gasteiger partial charge in [0, 0.05) is 5.56 Å². The molecule has 0 fully saturated rings. The summed E-state index contributed by atoms with van der Waals surface area (Å²) < 4.78 is 23.8. The number of rotatable bonds is 8. The van der Waals surface area contributed by atoms with Gasteiger partial charge < -0.3 is 24.1 Å². The third-order valence-electron chi connectivity index (χ3n) is 6.60. The summed E-state index contributed by atoms with van der Waals surface area (Å²) in [6.07, 6.45) is 1.68. The molecule has 0 bridgehead atoms. The van der Waals surface area contributed by atoms with Crippen LogP contribution in [0, 0.1) is 0 Å². The zero-order valence-electron chi connectivity index (χ0n) is 22.3. The van der Waals surface area contributed by atoms with E-state index in [1.54, 1.807) is 55.5 Å². The molecular formula is C31H24N2O8S. The van der Waals surface area contributed by atoms with E-state index in [1.165, 1.54) is 15.9 Å². The number of ether oxygens (including phenoxy) is 4. The highest BCUT2D eigenvalue weighted by molar-refractivity contribution is 7.07. The minimum Gasteiger partial charge on any atom is -0.482 e. The number of carbonyl (C=O) groups is 2. The molecule has 3 heterocycles. The maximum absolute atomic E-state index is 14.0. The van der Waals surface area contributed by atoms with Crippen molar-refractivity contribution in [2.75, 3.05) is 20.0 Å². The van der Waals surface area contributed by atoms with Crippen molar-refractivity contribution in [2.24, 2.45) is 4.99 Å². The van der Waals surface area contributed by atoms with Gasteiger partial charge in [0.2, 0.25) is 6.79 Å². The fraction of sp³-hybridized carbons (Fsp3) is 0.161. The third kappa shape index (κ3) is 5.17. The fourth-order valence-electron chi connectivity index (χ4n) is 4.83. The molecule has 4 aromatic rings. The van der Waals surface area contributed by atoms with Crippen LogP contribution in [0.4, 0.5) is 0 Å². The smallest absolute Gasteiger partial charge is 0.341 e. The fourth-order valence-corrected chi connectivity index (χ4v) is 5.83. The Morgan fingerprint density at radius 1 is 1.07 bits per heavy atom. The Hall–Kier alpha value is -5.16. The van der Waals surface area contributed by atoms with Crippen molar-refractivity contribution >= 4 is 35.0 Å². The average molecular weight is 585 g/mol. The molecule has 6 rings (SSSR count). The van der Waals surface area contributed by atoms with Gasteiger partial charge in [-0.3, -0.25) is 9.36 Å². The van der Waals surface area contributed by atoms with Crippen LogP contribution >= 0.6 is 11.3 Å². The van der Waals surface area contributed by atoms with Gasteiger partial charge in [0.15, 0.2) is 22.9 Å². The number of thiazole rings is 1. The van der Waals surface area contributed by atoms with Gasteiger partial charge >= 0.3 is 11.9 Å². The van der Waals surface area contributed by atoms with Crippen molar-refractivity contribution in [3.8, 4) is 17.2 Å². The predicted molar refractivity (Wildman–Crippen MR) is 153 cm³/mol. The first-order valence-electron chi connectivity index (χ1n) is 13.1. The van der Waals surface area contributed by atoms with E-state index in [4.69, 9.17) is 29.0 Å². The van der Waals surface area contributed by atoms with Crippen LogP contribution in [-0.2, 0) is 14.3 Å². The van der Waals surface area contributed by atoms with Gasteiger partial charge in [-0.1, -0.05) is 59.9 Å². The third-order valence-corrected chi connectivity index (χ3v) is 7.59. The number of fused-ring (bicyclic) bond motifs is 2. The highest BCUT2D eigenvalue weighted by Gasteiger charge is 2.36. The summed E-state index contributed by atoms with van der Waals surface area (Å²) in [4.78, 5) is 43.8. The molecule has 2 aliphatic rings. The zero-order valence-corrected chi connectivity index (χ0v) is 23.1. The molecule has 0 aliphatic carbocycles. The van der Waals surface area contributed by atoms with Crippen LogP contribution < -0.4 is 29.1 Å². The average Bonchev–Trinajstić information content (AvgIpc) is 3.59. The molecule has 11 heteroatoms. The summed E-state index contributed by atoms with van der Waals surface area (Å²) in [5.74, 6) is -0.243. The molecule has 0 unspecified atom stereocenters. The molecule has 0 saturated heterocycles. The van der Waals surface area contributed by atoms with Gasteiger partial charge in [-0.25, -0.2) is 14.6 Å². The van der Waals surface area contributed by atoms with Crippen LogP contribution in [0.1, 0.15) is 29.7 Å². The van der Waals surface area contributed by atoms with E-state index in [-0.39, 0.29) is 24.5 Å². The lowest BCUT2D eigenvalue weighted by Crippen LogP contribution is -2.40. The van der Waals surface area contributed by atoms with Crippen LogP contribution in [0.25, 0.3) is 11.8 Å². The standard InChI is InChI=1S/C31H24N2O8S/c1-2-38-30(37)26-27(19-8-4-3-5-9-19)32-31-33(28(26)20-11-12-22-23(15-20)41-17-40-22)29(36)24(42-31)14-18-7-6-10-21(13-18)39-16-25(34)35/h3-15,28H,2,16-17H2,1H3,(H,34,35)/b24-14-/t28-/m0/s1. The molecule has 212 valence electrons. The topological polar surface area (TPSA) is 126 Å². The Bertz CT molecular complexity index is 1910. The maximum Gasteiger partial charge on any atom is 0.341 e. The Labute approximate surface area is 243 Å². The van der Waals surface area contributed by atoms with Gasteiger partial charge in [0.1, 0.15) is 5.75 Å². The molecule has 0 spiro atoms. The van der Waals surface area contributed by atoms with Crippen molar-refractivity contribution < 1.29 is 33.6 Å². The molecule has 3 aromatic carbocycles. The predicted octanol–water partition coefficient (Wildman–Crippen LogP) is 3.13. The van der Waals surface area contributed by atoms with E-state index in [9.17, 15) is 14.4 Å². The SMILES string of the molecule is CCOC(=O)C1=C(c2ccccc2)N=c2s/c(=C\c3cccc(OCC(=O)O)c3)c(=O)n2[C@H]1c1ccc2c(c1)OCO2. The number of carboxylic acids is 1. The summed E-state index contributed by atoms with van der Waals surface area (Å²) in [5.41, 5.74) is 2.25. The first kappa shape index (κ1) is 27.0. The second-order valence-electron chi connectivity index (χ2n) is 9.30. The number of nitrogens with zero attached hydrogens (tertiary/aromatic N) is 2. The van der Waals surface area contributed by atoms with E-state index >= 15 is 0 Å². The molecule has 0 radical (unpaired) electrons. The van der Waals surface area contributed by atoms with Crippen molar-refractivity contribution in [3.05, 3.63) is 115 Å². The van der Waals surface area contributed by atoms with Gasteiger partial charge in [0.05, 0.1) is 28.5 Å². The van der Waals surface area contributed by atoms with E-state index in [0.29, 0.717) is 49.0 Å². The van der Waals surface area contributed by atoms with E-state index < -0.39 is 24.6 Å². The summed E-state index contributed by atoms with van der Waals surface area (Å²) in [6.45, 7) is 1.45. The molecule has 2 aliphatic heterocycles. The van der Waals surface area contributed by atoms with Crippen LogP contribution in [-0.4, -0.2) is 41.6 Å². The highest BCUT2D eigenvalue weighted by atomic mass is 32.1. The molecule has 1 aromatic heterocycles. The molecule has 10 nitrogen and oxygen atoms in total. The largest absolute Gasteiger partial charge is 0.482 e. The molecule has 42 heavy (non-hydrogen) atoms. The van der Waals surface area contributed by atoms with E-state index in [0.717, 1.165) is 0 Å². The minimum atomic E-state index is -1.09. The van der Waals surface area contributed by atoms with Gasteiger partial charge in [-0.05, 0) is 48.4 Å². The van der Waals surface area contributed by atoms with Crippen molar-refractivity contribution in [1.82, 2.24) is 4.57 Å². The lowest BCUT2D eigenvalue weighted by atomic mass is 9.93. The van der Waals surface area contributed by atoms with Crippen LogP contribution in [0.5, 0.6) is 17.2 Å². The molecule has 1 N–H and O–H groups in total. The highest BCUT2D eigenvalue weighted by Crippen LogP contribution is 2.40. The Kier molecular flexibility index (Phi) is 7.32. The molecule has 0 amide bonds. The summed E-state index contributed by atoms with van der Waals surface area (Å²) in [7, 11) is 0. The number of esters is 1. The minimum absolute atomic E-state index is 0.0760. The second-order valence-corrected chi connectivity index (χ2v) is 10.3. The maximum atomic E-state index is 14.0. The number of carbonyl (C=O) groups excluding carboxylic acids is 1. The molecule has 1 atom stereocenters. The van der Waals surface area contributed by atoms with Crippen LogP contribution in [0.15, 0.2) is 88.2 Å². The zero-order chi connectivity index (χ0) is 29.2. The van der Waals surface area contributed by atoms with Crippen molar-refractivity contribution in [1.29, 1.82) is 0 Å².